The van der Waals surface area contributed by atoms with E-state index >= 15 is 0 Å². The molecule has 0 bridgehead atoms. The van der Waals surface area contributed by atoms with Crippen LogP contribution >= 0.6 is 45.2 Å². The SMILES string of the molecule is CCCCOc1c(I)cc(I)cc1C=O. The molecule has 1 rings (SSSR count). The van der Waals surface area contributed by atoms with E-state index in [1.807, 2.05) is 12.1 Å². The molecule has 4 heteroatoms. The smallest absolute Gasteiger partial charge is 0.153 e. The molecule has 0 spiro atoms. The van der Waals surface area contributed by atoms with Crippen molar-refractivity contribution in [1.82, 2.24) is 0 Å². The Bertz CT molecular complexity index is 351. The Balaban J connectivity index is 2.89. The molecule has 0 fully saturated rings. The van der Waals surface area contributed by atoms with Crippen molar-refractivity contribution in [3.05, 3.63) is 24.8 Å². The van der Waals surface area contributed by atoms with Crippen molar-refractivity contribution in [1.29, 1.82) is 0 Å². The van der Waals surface area contributed by atoms with Crippen LogP contribution in [0.5, 0.6) is 5.75 Å². The molecule has 15 heavy (non-hydrogen) atoms. The molecule has 0 saturated heterocycles. The lowest BCUT2D eigenvalue weighted by Gasteiger charge is -2.10. The van der Waals surface area contributed by atoms with Gasteiger partial charge >= 0.3 is 0 Å². The van der Waals surface area contributed by atoms with Gasteiger partial charge in [0.05, 0.1) is 15.7 Å². The lowest BCUT2D eigenvalue weighted by Crippen LogP contribution is -2.02. The Labute approximate surface area is 117 Å². The third-order valence-corrected chi connectivity index (χ3v) is 3.33. The maximum absolute atomic E-state index is 10.9. The largest absolute Gasteiger partial charge is 0.492 e. The lowest BCUT2D eigenvalue weighted by molar-refractivity contribution is 0.111. The lowest BCUT2D eigenvalue weighted by atomic mass is 10.2. The molecule has 0 radical (unpaired) electrons. The molecule has 1 aromatic rings. The fourth-order valence-corrected chi connectivity index (χ4v) is 3.18. The Morgan fingerprint density at radius 3 is 2.73 bits per heavy atom. The number of rotatable bonds is 5. The van der Waals surface area contributed by atoms with E-state index < -0.39 is 0 Å². The second kappa shape index (κ2) is 6.67. The van der Waals surface area contributed by atoms with E-state index in [2.05, 4.69) is 52.1 Å². The predicted octanol–water partition coefficient (Wildman–Crippen LogP) is 3.89. The van der Waals surface area contributed by atoms with Crippen LogP contribution in [0.1, 0.15) is 30.1 Å². The minimum atomic E-state index is 0.641. The second-order valence-electron chi connectivity index (χ2n) is 3.13. The summed E-state index contributed by atoms with van der Waals surface area (Å²) in [6.45, 7) is 2.79. The topological polar surface area (TPSA) is 26.3 Å². The number of hydrogen-bond acceptors (Lipinski definition) is 2. The van der Waals surface area contributed by atoms with Crippen LogP contribution in [0.25, 0.3) is 0 Å². The van der Waals surface area contributed by atoms with Crippen LogP contribution in [0, 0.1) is 7.14 Å². The molecule has 82 valence electrons. The van der Waals surface area contributed by atoms with Crippen molar-refractivity contribution in [2.45, 2.75) is 19.8 Å². The third-order valence-electron chi connectivity index (χ3n) is 1.91. The first-order chi connectivity index (χ1) is 7.19. The van der Waals surface area contributed by atoms with Gasteiger partial charge in [0.15, 0.2) is 6.29 Å². The van der Waals surface area contributed by atoms with E-state index in [1.54, 1.807) is 0 Å². The summed E-state index contributed by atoms with van der Waals surface area (Å²) >= 11 is 4.39. The molecule has 0 amide bonds. The fraction of sp³-hybridized carbons (Fsp3) is 0.364. The van der Waals surface area contributed by atoms with Gasteiger partial charge in [0.25, 0.3) is 0 Å². The highest BCUT2D eigenvalue weighted by molar-refractivity contribution is 14.1. The minimum Gasteiger partial charge on any atom is -0.492 e. The van der Waals surface area contributed by atoms with Crippen molar-refractivity contribution in [3.8, 4) is 5.75 Å². The number of carbonyl (C=O) groups is 1. The number of unbranched alkanes of at least 4 members (excludes halogenated alkanes) is 1. The van der Waals surface area contributed by atoms with Gasteiger partial charge < -0.3 is 4.74 Å². The quantitative estimate of drug-likeness (QED) is 0.403. The standard InChI is InChI=1S/C11H12I2O2/c1-2-3-4-15-11-8(7-14)5-9(12)6-10(11)13/h5-7H,2-4H2,1H3. The van der Waals surface area contributed by atoms with Crippen molar-refractivity contribution >= 4 is 51.5 Å². The number of carbonyl (C=O) groups excluding carboxylic acids is 1. The maximum Gasteiger partial charge on any atom is 0.153 e. The molecule has 0 N–H and O–H groups in total. The summed E-state index contributed by atoms with van der Waals surface area (Å²) < 4.78 is 7.67. The normalized spacial score (nSPS) is 10.1. The molecule has 0 aliphatic heterocycles. The second-order valence-corrected chi connectivity index (χ2v) is 5.53. The van der Waals surface area contributed by atoms with Crippen LogP contribution in [0.2, 0.25) is 0 Å². The van der Waals surface area contributed by atoms with E-state index in [9.17, 15) is 4.79 Å². The molecular weight excluding hydrogens is 418 g/mol. The van der Waals surface area contributed by atoms with Gasteiger partial charge in [-0.25, -0.2) is 0 Å². The summed E-state index contributed by atoms with van der Waals surface area (Å²) in [5, 5.41) is 0. The highest BCUT2D eigenvalue weighted by Crippen LogP contribution is 2.27. The summed E-state index contributed by atoms with van der Waals surface area (Å²) in [6, 6.07) is 3.85. The Morgan fingerprint density at radius 1 is 1.40 bits per heavy atom. The molecule has 0 heterocycles. The van der Waals surface area contributed by atoms with Crippen LogP contribution in [0.4, 0.5) is 0 Å². The molecule has 0 aliphatic carbocycles. The monoisotopic (exact) mass is 430 g/mol. The number of benzene rings is 1. The Morgan fingerprint density at radius 2 is 2.13 bits per heavy atom. The molecule has 0 saturated carbocycles. The summed E-state index contributed by atoms with van der Waals surface area (Å²) in [7, 11) is 0. The first-order valence-electron chi connectivity index (χ1n) is 4.76. The van der Waals surface area contributed by atoms with Crippen LogP contribution in [-0.2, 0) is 0 Å². The molecular formula is C11H12I2O2. The van der Waals surface area contributed by atoms with Crippen molar-refractivity contribution in [2.24, 2.45) is 0 Å². The maximum atomic E-state index is 10.9. The first-order valence-corrected chi connectivity index (χ1v) is 6.91. The van der Waals surface area contributed by atoms with Gasteiger partial charge in [-0.15, -0.1) is 0 Å². The Hall–Kier alpha value is 0.150. The van der Waals surface area contributed by atoms with E-state index in [4.69, 9.17) is 4.74 Å². The van der Waals surface area contributed by atoms with E-state index in [0.717, 1.165) is 32.0 Å². The zero-order valence-corrected chi connectivity index (χ0v) is 12.7. The van der Waals surface area contributed by atoms with Gasteiger partial charge in [-0.05, 0) is 63.7 Å². The molecule has 2 nitrogen and oxygen atoms in total. The minimum absolute atomic E-state index is 0.641. The van der Waals surface area contributed by atoms with Crippen molar-refractivity contribution < 1.29 is 9.53 Å². The Kier molecular flexibility index (Phi) is 5.88. The average Bonchev–Trinajstić information content (AvgIpc) is 2.20. The molecule has 0 aliphatic rings. The highest BCUT2D eigenvalue weighted by atomic mass is 127. The first kappa shape index (κ1) is 13.2. The number of hydrogen-bond donors (Lipinski definition) is 0. The summed E-state index contributed by atoms with van der Waals surface area (Å²) in [5.74, 6) is 0.722. The van der Waals surface area contributed by atoms with Gasteiger partial charge in [0.1, 0.15) is 5.75 Å². The van der Waals surface area contributed by atoms with Gasteiger partial charge in [-0.3, -0.25) is 4.79 Å². The van der Waals surface area contributed by atoms with Crippen LogP contribution in [-0.4, -0.2) is 12.9 Å². The van der Waals surface area contributed by atoms with Gasteiger partial charge in [-0.1, -0.05) is 13.3 Å². The third kappa shape index (κ3) is 3.90. The zero-order chi connectivity index (χ0) is 11.3. The van der Waals surface area contributed by atoms with E-state index in [1.165, 1.54) is 0 Å². The highest BCUT2D eigenvalue weighted by Gasteiger charge is 2.09. The van der Waals surface area contributed by atoms with Gasteiger partial charge in [0, 0.05) is 3.57 Å². The van der Waals surface area contributed by atoms with Crippen molar-refractivity contribution in [3.63, 3.8) is 0 Å². The van der Waals surface area contributed by atoms with E-state index in [-0.39, 0.29) is 0 Å². The van der Waals surface area contributed by atoms with Gasteiger partial charge in [-0.2, -0.15) is 0 Å². The molecule has 0 unspecified atom stereocenters. The van der Waals surface area contributed by atoms with Crippen LogP contribution < -0.4 is 4.74 Å². The van der Waals surface area contributed by atoms with Crippen LogP contribution in [0.15, 0.2) is 12.1 Å². The predicted molar refractivity (Wildman–Crippen MR) is 77.7 cm³/mol. The van der Waals surface area contributed by atoms with E-state index in [0.29, 0.717) is 12.2 Å². The number of halogens is 2. The summed E-state index contributed by atoms with van der Waals surface area (Å²) in [5.41, 5.74) is 0.641. The summed E-state index contributed by atoms with van der Waals surface area (Å²) in [6.07, 6.45) is 2.96. The fourth-order valence-electron chi connectivity index (χ4n) is 1.14. The average molecular weight is 430 g/mol. The number of ether oxygens (including phenoxy) is 1. The van der Waals surface area contributed by atoms with Crippen molar-refractivity contribution in [2.75, 3.05) is 6.61 Å². The summed E-state index contributed by atoms with van der Waals surface area (Å²) in [4.78, 5) is 10.9. The molecule has 0 aromatic heterocycles. The van der Waals surface area contributed by atoms with Crippen LogP contribution in [0.3, 0.4) is 0 Å². The molecule has 0 atom stereocenters. The zero-order valence-electron chi connectivity index (χ0n) is 8.43. The number of aldehydes is 1. The van der Waals surface area contributed by atoms with Gasteiger partial charge in [0.2, 0.25) is 0 Å². The molecule has 1 aromatic carbocycles.